The van der Waals surface area contributed by atoms with Crippen LogP contribution < -0.4 is 5.73 Å². The Morgan fingerprint density at radius 1 is 1.25 bits per heavy atom. The molecule has 0 unspecified atom stereocenters. The molecule has 0 aromatic heterocycles. The van der Waals surface area contributed by atoms with E-state index < -0.39 is 0 Å². The monoisotopic (exact) mass is 300 g/mol. The fourth-order valence-corrected chi connectivity index (χ4v) is 1.83. The van der Waals surface area contributed by atoms with E-state index in [0.717, 1.165) is 30.6 Å². The van der Waals surface area contributed by atoms with Crippen LogP contribution in [0.3, 0.4) is 0 Å². The molecule has 4 nitrogen and oxygen atoms in total. The number of methoxy groups -OCH3 is 1. The summed E-state index contributed by atoms with van der Waals surface area (Å²) in [4.78, 5) is 14.1. The third-order valence-electron chi connectivity index (χ3n) is 3.03. The summed E-state index contributed by atoms with van der Waals surface area (Å²) in [7, 11) is 1.66. The largest absolute Gasteiger partial charge is 0.399 e. The number of hydrogen-bond donors (Lipinski definition) is 1. The summed E-state index contributed by atoms with van der Waals surface area (Å²) in [5, 5.41) is 0. The number of benzene rings is 1. The zero-order valence-electron chi connectivity index (χ0n) is 12.3. The molecule has 0 bridgehead atoms. The molecule has 20 heavy (non-hydrogen) atoms. The average molecular weight is 301 g/mol. The Hall–Kier alpha value is -1.26. The lowest BCUT2D eigenvalue weighted by atomic mass is 10.1. The lowest BCUT2D eigenvalue weighted by Crippen LogP contribution is -2.35. The van der Waals surface area contributed by atoms with Gasteiger partial charge in [-0.05, 0) is 24.1 Å². The first-order valence-electron chi connectivity index (χ1n) is 6.78. The van der Waals surface area contributed by atoms with Gasteiger partial charge in [0.15, 0.2) is 0 Å². The van der Waals surface area contributed by atoms with Crippen LogP contribution in [0.4, 0.5) is 5.69 Å². The second kappa shape index (κ2) is 10.5. The van der Waals surface area contributed by atoms with Crippen LogP contribution in [-0.4, -0.2) is 37.6 Å². The molecule has 0 radical (unpaired) electrons. The number of anilines is 1. The summed E-state index contributed by atoms with van der Waals surface area (Å²) in [5.41, 5.74) is 7.36. The predicted molar refractivity (Wildman–Crippen MR) is 85.2 cm³/mol. The smallest absolute Gasteiger partial charge is 0.227 e. The van der Waals surface area contributed by atoms with Crippen molar-refractivity contribution in [3.8, 4) is 0 Å². The summed E-state index contributed by atoms with van der Waals surface area (Å²) in [6.45, 7) is 4.16. The minimum absolute atomic E-state index is 0. The number of nitrogen functional groups attached to an aromatic ring is 1. The van der Waals surface area contributed by atoms with Gasteiger partial charge in [-0.3, -0.25) is 4.79 Å². The Labute approximate surface area is 127 Å². The molecule has 0 saturated heterocycles. The summed E-state index contributed by atoms with van der Waals surface area (Å²) >= 11 is 0. The fourth-order valence-electron chi connectivity index (χ4n) is 1.83. The molecule has 0 atom stereocenters. The van der Waals surface area contributed by atoms with Crippen molar-refractivity contribution in [2.45, 2.75) is 26.2 Å². The number of amides is 1. The highest BCUT2D eigenvalue weighted by Gasteiger charge is 2.13. The Morgan fingerprint density at radius 3 is 2.45 bits per heavy atom. The van der Waals surface area contributed by atoms with Gasteiger partial charge in [-0.2, -0.15) is 0 Å². The first-order valence-corrected chi connectivity index (χ1v) is 6.78. The molecule has 0 spiro atoms. The van der Waals surface area contributed by atoms with Crippen molar-refractivity contribution >= 4 is 24.0 Å². The van der Waals surface area contributed by atoms with Crippen molar-refractivity contribution in [3.05, 3.63) is 29.8 Å². The van der Waals surface area contributed by atoms with E-state index in [4.69, 9.17) is 10.5 Å². The van der Waals surface area contributed by atoms with Crippen LogP contribution in [0.2, 0.25) is 0 Å². The molecule has 2 N–H and O–H groups in total. The molecule has 0 fully saturated rings. The molecule has 1 aromatic carbocycles. The Morgan fingerprint density at radius 2 is 1.90 bits per heavy atom. The molecule has 0 aliphatic rings. The molecular formula is C15H25ClN2O2. The van der Waals surface area contributed by atoms with Crippen LogP contribution in [0.5, 0.6) is 0 Å². The van der Waals surface area contributed by atoms with Gasteiger partial charge in [-0.15, -0.1) is 12.4 Å². The number of nitrogens with two attached hydrogens (primary N) is 1. The normalized spacial score (nSPS) is 9.90. The average Bonchev–Trinajstić information content (AvgIpc) is 2.41. The number of ether oxygens (including phenoxy) is 1. The molecule has 0 aliphatic carbocycles. The number of nitrogens with zero attached hydrogens (tertiary/aromatic N) is 1. The van der Waals surface area contributed by atoms with E-state index >= 15 is 0 Å². The maximum Gasteiger partial charge on any atom is 0.227 e. The van der Waals surface area contributed by atoms with Gasteiger partial charge in [0.05, 0.1) is 13.0 Å². The van der Waals surface area contributed by atoms with Gasteiger partial charge in [0, 0.05) is 25.9 Å². The lowest BCUT2D eigenvalue weighted by molar-refractivity contribution is -0.131. The first kappa shape index (κ1) is 18.7. The maximum atomic E-state index is 12.2. The van der Waals surface area contributed by atoms with Crippen molar-refractivity contribution in [3.63, 3.8) is 0 Å². The number of hydrogen-bond acceptors (Lipinski definition) is 3. The van der Waals surface area contributed by atoms with E-state index in [0.29, 0.717) is 19.6 Å². The van der Waals surface area contributed by atoms with Gasteiger partial charge in [0.1, 0.15) is 0 Å². The Balaban J connectivity index is 0.00000361. The van der Waals surface area contributed by atoms with Crippen LogP contribution in [0.15, 0.2) is 24.3 Å². The predicted octanol–water partition coefficient (Wildman–Crippen LogP) is 2.51. The fraction of sp³-hybridized carbons (Fsp3) is 0.533. The highest BCUT2D eigenvalue weighted by atomic mass is 35.5. The van der Waals surface area contributed by atoms with Crippen molar-refractivity contribution in [2.75, 3.05) is 32.5 Å². The second-order valence-corrected chi connectivity index (χ2v) is 4.65. The lowest BCUT2D eigenvalue weighted by Gasteiger charge is -2.22. The van der Waals surface area contributed by atoms with Gasteiger partial charge in [0.25, 0.3) is 0 Å². The minimum atomic E-state index is 0. The second-order valence-electron chi connectivity index (χ2n) is 4.65. The van der Waals surface area contributed by atoms with Crippen LogP contribution >= 0.6 is 12.4 Å². The van der Waals surface area contributed by atoms with Gasteiger partial charge in [0.2, 0.25) is 5.91 Å². The molecule has 0 aliphatic heterocycles. The highest BCUT2D eigenvalue weighted by Crippen LogP contribution is 2.08. The van der Waals surface area contributed by atoms with Gasteiger partial charge >= 0.3 is 0 Å². The summed E-state index contributed by atoms with van der Waals surface area (Å²) < 4.78 is 5.06. The third-order valence-corrected chi connectivity index (χ3v) is 3.03. The zero-order chi connectivity index (χ0) is 14.1. The summed E-state index contributed by atoms with van der Waals surface area (Å²) in [6, 6.07) is 7.46. The zero-order valence-corrected chi connectivity index (χ0v) is 13.1. The molecule has 1 amide bonds. The van der Waals surface area contributed by atoms with Crippen LogP contribution in [0, 0.1) is 0 Å². The minimum Gasteiger partial charge on any atom is -0.399 e. The molecule has 0 saturated carbocycles. The number of halogens is 1. The van der Waals surface area contributed by atoms with Gasteiger partial charge in [-0.1, -0.05) is 25.5 Å². The van der Waals surface area contributed by atoms with Crippen molar-refractivity contribution < 1.29 is 9.53 Å². The van der Waals surface area contributed by atoms with Crippen LogP contribution in [-0.2, 0) is 16.0 Å². The molecular weight excluding hydrogens is 276 g/mol. The van der Waals surface area contributed by atoms with E-state index in [1.807, 2.05) is 29.2 Å². The van der Waals surface area contributed by atoms with Crippen molar-refractivity contribution in [1.82, 2.24) is 4.90 Å². The molecule has 5 heteroatoms. The van der Waals surface area contributed by atoms with Gasteiger partial charge < -0.3 is 15.4 Å². The van der Waals surface area contributed by atoms with E-state index in [9.17, 15) is 4.79 Å². The topological polar surface area (TPSA) is 55.6 Å². The molecule has 1 aromatic rings. The number of unbranched alkanes of at least 4 members (excludes halogenated alkanes) is 1. The summed E-state index contributed by atoms with van der Waals surface area (Å²) in [5.74, 6) is 0.148. The molecule has 0 heterocycles. The van der Waals surface area contributed by atoms with Crippen LogP contribution in [0.1, 0.15) is 25.3 Å². The third kappa shape index (κ3) is 6.78. The number of carbonyl (C=O) groups is 1. The quantitative estimate of drug-likeness (QED) is 0.751. The molecule has 1 rings (SSSR count). The van der Waals surface area contributed by atoms with Crippen molar-refractivity contribution in [1.29, 1.82) is 0 Å². The highest BCUT2D eigenvalue weighted by molar-refractivity contribution is 5.85. The summed E-state index contributed by atoms with van der Waals surface area (Å²) in [6.07, 6.45) is 2.53. The Bertz CT molecular complexity index is 374. The van der Waals surface area contributed by atoms with E-state index in [1.165, 1.54) is 0 Å². The first-order chi connectivity index (χ1) is 9.17. The van der Waals surface area contributed by atoms with Crippen molar-refractivity contribution in [2.24, 2.45) is 0 Å². The number of rotatable bonds is 8. The maximum absolute atomic E-state index is 12.2. The van der Waals surface area contributed by atoms with E-state index in [1.54, 1.807) is 7.11 Å². The number of carbonyl (C=O) groups excluding carboxylic acids is 1. The van der Waals surface area contributed by atoms with E-state index in [2.05, 4.69) is 6.92 Å². The molecule has 114 valence electrons. The SMILES string of the molecule is CCCCN(CCOC)C(=O)Cc1ccc(N)cc1.Cl. The standard InChI is InChI=1S/C15H24N2O2.ClH/c1-3-4-9-17(10-11-19-2)15(18)12-13-5-7-14(16)8-6-13;/h5-8H,3-4,9-12,16H2,1-2H3;1H. The van der Waals surface area contributed by atoms with E-state index in [-0.39, 0.29) is 18.3 Å². The Kier molecular flexibility index (Phi) is 9.86. The van der Waals surface area contributed by atoms with Crippen LogP contribution in [0.25, 0.3) is 0 Å². The van der Waals surface area contributed by atoms with Gasteiger partial charge in [-0.25, -0.2) is 0 Å².